The molecular weight excluding hydrogens is 306 g/mol. The fraction of sp³-hybridized carbons (Fsp3) is 0.444. The molecule has 0 unspecified atom stereocenters. The first-order valence-electron chi connectivity index (χ1n) is 8.23. The van der Waals surface area contributed by atoms with E-state index in [4.69, 9.17) is 4.74 Å². The molecule has 0 radical (unpaired) electrons. The lowest BCUT2D eigenvalue weighted by Crippen LogP contribution is -2.51. The number of aromatic nitrogens is 1. The van der Waals surface area contributed by atoms with Gasteiger partial charge in [-0.1, -0.05) is 32.0 Å². The van der Waals surface area contributed by atoms with Gasteiger partial charge in [-0.25, -0.2) is 9.59 Å². The number of rotatable bonds is 3. The summed E-state index contributed by atoms with van der Waals surface area (Å²) in [5.41, 5.74) is 3.44. The second kappa shape index (κ2) is 6.55. The Morgan fingerprint density at radius 1 is 1.29 bits per heavy atom. The van der Waals surface area contributed by atoms with Gasteiger partial charge in [0, 0.05) is 23.1 Å². The van der Waals surface area contributed by atoms with Gasteiger partial charge in [-0.3, -0.25) is 0 Å². The van der Waals surface area contributed by atoms with Crippen molar-refractivity contribution < 1.29 is 14.3 Å². The average molecular weight is 329 g/mol. The maximum atomic E-state index is 12.6. The SMILES string of the molecule is COC(=O)[C@@H](NC(=O)N1CCc2c([nH]c3ccccc23)C1)C(C)C. The summed E-state index contributed by atoms with van der Waals surface area (Å²) in [6.45, 7) is 4.91. The number of nitrogens with zero attached hydrogens (tertiary/aromatic N) is 1. The summed E-state index contributed by atoms with van der Waals surface area (Å²) < 4.78 is 4.78. The number of nitrogens with one attached hydrogen (secondary N) is 2. The highest BCUT2D eigenvalue weighted by Crippen LogP contribution is 2.27. The van der Waals surface area contributed by atoms with E-state index in [0.29, 0.717) is 13.1 Å². The van der Waals surface area contributed by atoms with E-state index in [2.05, 4.69) is 16.4 Å². The lowest BCUT2D eigenvalue weighted by molar-refractivity contribution is -0.144. The number of aromatic amines is 1. The van der Waals surface area contributed by atoms with Crippen molar-refractivity contribution >= 4 is 22.9 Å². The molecule has 3 rings (SSSR count). The van der Waals surface area contributed by atoms with Gasteiger partial charge in [-0.15, -0.1) is 0 Å². The van der Waals surface area contributed by atoms with E-state index in [1.807, 2.05) is 32.0 Å². The van der Waals surface area contributed by atoms with Gasteiger partial charge in [0.05, 0.1) is 13.7 Å². The van der Waals surface area contributed by atoms with E-state index in [-0.39, 0.29) is 11.9 Å². The number of carbonyl (C=O) groups is 2. The third-order valence-electron chi connectivity index (χ3n) is 4.57. The fourth-order valence-electron chi connectivity index (χ4n) is 3.22. The van der Waals surface area contributed by atoms with Crippen LogP contribution in [0.2, 0.25) is 0 Å². The zero-order chi connectivity index (χ0) is 17.3. The van der Waals surface area contributed by atoms with E-state index in [9.17, 15) is 9.59 Å². The fourth-order valence-corrected chi connectivity index (χ4v) is 3.22. The number of hydrogen-bond acceptors (Lipinski definition) is 3. The van der Waals surface area contributed by atoms with E-state index in [1.54, 1.807) is 4.90 Å². The Hall–Kier alpha value is -2.50. The lowest BCUT2D eigenvalue weighted by atomic mass is 10.0. The molecule has 6 nitrogen and oxygen atoms in total. The van der Waals surface area contributed by atoms with Gasteiger partial charge in [-0.2, -0.15) is 0 Å². The van der Waals surface area contributed by atoms with Gasteiger partial charge in [0.2, 0.25) is 0 Å². The van der Waals surface area contributed by atoms with Crippen LogP contribution in [0.1, 0.15) is 25.1 Å². The predicted octanol–water partition coefficient (Wildman–Crippen LogP) is 2.43. The minimum atomic E-state index is -0.633. The molecule has 2 aromatic rings. The Bertz CT molecular complexity index is 766. The van der Waals surface area contributed by atoms with Crippen LogP contribution < -0.4 is 5.32 Å². The van der Waals surface area contributed by atoms with Crippen molar-refractivity contribution in [2.75, 3.05) is 13.7 Å². The minimum Gasteiger partial charge on any atom is -0.467 e. The van der Waals surface area contributed by atoms with E-state index >= 15 is 0 Å². The monoisotopic (exact) mass is 329 g/mol. The van der Waals surface area contributed by atoms with E-state index < -0.39 is 12.0 Å². The van der Waals surface area contributed by atoms with Gasteiger partial charge in [0.25, 0.3) is 0 Å². The molecule has 128 valence electrons. The van der Waals surface area contributed by atoms with Crippen molar-refractivity contribution in [1.29, 1.82) is 0 Å². The second-order valence-electron chi connectivity index (χ2n) is 6.49. The zero-order valence-electron chi connectivity index (χ0n) is 14.3. The van der Waals surface area contributed by atoms with Crippen molar-refractivity contribution in [3.05, 3.63) is 35.5 Å². The molecule has 1 aromatic heterocycles. The summed E-state index contributed by atoms with van der Waals surface area (Å²) in [5, 5.41) is 4.02. The van der Waals surface area contributed by atoms with Gasteiger partial charge >= 0.3 is 12.0 Å². The molecule has 1 aliphatic rings. The second-order valence-corrected chi connectivity index (χ2v) is 6.49. The summed E-state index contributed by atoms with van der Waals surface area (Å²) in [5.74, 6) is -0.448. The van der Waals surface area contributed by atoms with Crippen LogP contribution >= 0.6 is 0 Å². The lowest BCUT2D eigenvalue weighted by Gasteiger charge is -2.29. The molecule has 0 fully saturated rings. The summed E-state index contributed by atoms with van der Waals surface area (Å²) in [6, 6.07) is 7.31. The first-order chi connectivity index (χ1) is 11.5. The highest BCUT2D eigenvalue weighted by molar-refractivity contribution is 5.86. The number of hydrogen-bond donors (Lipinski definition) is 2. The van der Waals surface area contributed by atoms with Crippen molar-refractivity contribution in [3.8, 4) is 0 Å². The molecule has 0 aliphatic carbocycles. The summed E-state index contributed by atoms with van der Waals surface area (Å²) in [4.78, 5) is 29.5. The number of H-pyrrole nitrogens is 1. The number of carbonyl (C=O) groups excluding carboxylic acids is 2. The topological polar surface area (TPSA) is 74.4 Å². The molecule has 0 spiro atoms. The molecule has 2 heterocycles. The molecule has 0 saturated heterocycles. The van der Waals surface area contributed by atoms with Gasteiger partial charge in [0.1, 0.15) is 6.04 Å². The Morgan fingerprint density at radius 3 is 2.75 bits per heavy atom. The Kier molecular flexibility index (Phi) is 4.46. The van der Waals surface area contributed by atoms with Crippen LogP contribution in [0.3, 0.4) is 0 Å². The average Bonchev–Trinajstić information content (AvgIpc) is 2.96. The van der Waals surface area contributed by atoms with Crippen LogP contribution in [-0.2, 0) is 22.5 Å². The normalized spacial score (nSPS) is 15.2. The highest BCUT2D eigenvalue weighted by atomic mass is 16.5. The molecule has 2 amide bonds. The van der Waals surface area contributed by atoms with Crippen molar-refractivity contribution in [3.63, 3.8) is 0 Å². The third kappa shape index (κ3) is 2.96. The van der Waals surface area contributed by atoms with Crippen LogP contribution in [0.4, 0.5) is 4.79 Å². The molecule has 0 bridgehead atoms. The maximum absolute atomic E-state index is 12.6. The number of para-hydroxylation sites is 1. The molecular formula is C18H23N3O3. The van der Waals surface area contributed by atoms with Gasteiger partial charge in [0.15, 0.2) is 0 Å². The molecule has 1 aromatic carbocycles. The number of methoxy groups -OCH3 is 1. The quantitative estimate of drug-likeness (QED) is 0.849. The van der Waals surface area contributed by atoms with Crippen molar-refractivity contribution in [2.24, 2.45) is 5.92 Å². The number of esters is 1. The largest absolute Gasteiger partial charge is 0.467 e. The van der Waals surface area contributed by atoms with E-state index in [1.165, 1.54) is 18.1 Å². The standard InChI is InChI=1S/C18H23N3O3/c1-11(2)16(17(22)24-3)20-18(23)21-9-8-13-12-6-4-5-7-14(12)19-15(13)10-21/h4-7,11,16,19H,8-10H2,1-3H3,(H,20,23)/t16-/m0/s1. The number of fused-ring (bicyclic) bond motifs is 3. The van der Waals surface area contributed by atoms with E-state index in [0.717, 1.165) is 17.6 Å². The van der Waals surface area contributed by atoms with Gasteiger partial charge < -0.3 is 19.9 Å². The molecule has 1 atom stereocenters. The zero-order valence-corrected chi connectivity index (χ0v) is 14.3. The number of ether oxygens (including phenoxy) is 1. The van der Waals surface area contributed by atoms with Crippen LogP contribution in [0.25, 0.3) is 10.9 Å². The molecule has 0 saturated carbocycles. The first kappa shape index (κ1) is 16.4. The smallest absolute Gasteiger partial charge is 0.328 e. The van der Waals surface area contributed by atoms with Crippen LogP contribution in [0.15, 0.2) is 24.3 Å². The first-order valence-corrected chi connectivity index (χ1v) is 8.23. The third-order valence-corrected chi connectivity index (χ3v) is 4.57. The van der Waals surface area contributed by atoms with Crippen LogP contribution in [0, 0.1) is 5.92 Å². The molecule has 6 heteroatoms. The Labute approximate surface area is 141 Å². The van der Waals surface area contributed by atoms with Crippen LogP contribution in [-0.4, -0.2) is 41.6 Å². The maximum Gasteiger partial charge on any atom is 0.328 e. The van der Waals surface area contributed by atoms with Gasteiger partial charge in [-0.05, 0) is 24.0 Å². The summed E-state index contributed by atoms with van der Waals surface area (Å²) in [6.07, 6.45) is 0.803. The Morgan fingerprint density at radius 2 is 2.04 bits per heavy atom. The van der Waals surface area contributed by atoms with Crippen molar-refractivity contribution in [1.82, 2.24) is 15.2 Å². The summed E-state index contributed by atoms with van der Waals surface area (Å²) in [7, 11) is 1.33. The van der Waals surface area contributed by atoms with Crippen molar-refractivity contribution in [2.45, 2.75) is 32.9 Å². The molecule has 24 heavy (non-hydrogen) atoms. The highest BCUT2D eigenvalue weighted by Gasteiger charge is 2.29. The number of amides is 2. The predicted molar refractivity (Wildman–Crippen MR) is 91.6 cm³/mol. The number of urea groups is 1. The number of benzene rings is 1. The minimum absolute atomic E-state index is 0.0326. The molecule has 2 N–H and O–H groups in total. The van der Waals surface area contributed by atoms with Crippen LogP contribution in [0.5, 0.6) is 0 Å². The summed E-state index contributed by atoms with van der Waals surface area (Å²) >= 11 is 0. The Balaban J connectivity index is 1.75. The molecule has 1 aliphatic heterocycles.